The van der Waals surface area contributed by atoms with Gasteiger partial charge in [0.05, 0.1) is 44.2 Å². The van der Waals surface area contributed by atoms with E-state index in [0.29, 0.717) is 34.9 Å². The van der Waals surface area contributed by atoms with E-state index in [9.17, 15) is 0 Å². The quantitative estimate of drug-likeness (QED) is 0.140. The fraction of sp³-hybridized carbons (Fsp3) is 0. The van der Waals surface area contributed by atoms with Crippen LogP contribution in [0.1, 0.15) is 0 Å². The molecule has 8 aromatic heterocycles. The summed E-state index contributed by atoms with van der Waals surface area (Å²) in [7, 11) is 0. The third-order valence-corrected chi connectivity index (χ3v) is 25.4. The lowest BCUT2D eigenvalue weighted by atomic mass is 9.96. The van der Waals surface area contributed by atoms with Crippen LogP contribution >= 0.6 is 22.7 Å². The van der Waals surface area contributed by atoms with Gasteiger partial charge in [-0.2, -0.15) is 0 Å². The Morgan fingerprint density at radius 3 is 1.17 bits per heavy atom. The van der Waals surface area contributed by atoms with Crippen LogP contribution in [0.3, 0.4) is 0 Å². The smallest absolute Gasteiger partial charge is 0.164 e. The zero-order valence-corrected chi connectivity index (χ0v) is 62.2. The number of hydrogen-bond donors (Lipinski definition) is 0. The normalized spacial score (nSPS) is 12.2. The van der Waals surface area contributed by atoms with Gasteiger partial charge in [-0.15, -0.1) is 22.7 Å². The summed E-state index contributed by atoms with van der Waals surface area (Å²) in [6, 6.07) is 121. The predicted molar refractivity (Wildman–Crippen MR) is 473 cm³/mol. The highest BCUT2D eigenvalue weighted by Gasteiger charge is 2.26. The topological polar surface area (TPSA) is 113 Å². The summed E-state index contributed by atoms with van der Waals surface area (Å²) >= 11 is 3.59. The molecule has 0 spiro atoms. The van der Waals surface area contributed by atoms with E-state index >= 15 is 0 Å². The van der Waals surface area contributed by atoms with Gasteiger partial charge in [0.25, 0.3) is 0 Å². The maximum atomic E-state index is 6.90. The van der Waals surface area contributed by atoms with Crippen molar-refractivity contribution in [2.75, 3.05) is 0 Å². The monoisotopic (exact) mass is 1490 g/mol. The predicted octanol–water partition coefficient (Wildman–Crippen LogP) is 27.9. The van der Waals surface area contributed by atoms with Crippen LogP contribution in [0.15, 0.2) is 349 Å². The Hall–Kier alpha value is -14.8. The number of rotatable bonds is 9. The first-order valence-corrected chi connectivity index (χ1v) is 39.8. The lowest BCUT2D eigenvalue weighted by molar-refractivity contribution is 0.668. The van der Waals surface area contributed by atoms with Gasteiger partial charge in [0.2, 0.25) is 0 Å². The number of furan rings is 2. The van der Waals surface area contributed by atoms with E-state index in [1.54, 1.807) is 22.7 Å². The molecule has 0 unspecified atom stereocenters. The highest BCUT2D eigenvalue weighted by molar-refractivity contribution is 7.26. The Balaban J connectivity index is 0.611. The van der Waals surface area contributed by atoms with Crippen molar-refractivity contribution in [3.63, 3.8) is 0 Å². The molecule has 0 N–H and O–H groups in total. The number of nitrogens with zero attached hydrogens (tertiary/aromatic N) is 8. The number of fused-ring (bicyclic) bond motifs is 21. The van der Waals surface area contributed by atoms with Crippen molar-refractivity contribution in [1.82, 2.24) is 39.0 Å². The van der Waals surface area contributed by atoms with Crippen molar-refractivity contribution in [2.24, 2.45) is 0 Å². The van der Waals surface area contributed by atoms with Gasteiger partial charge in [-0.25, -0.2) is 29.9 Å². The minimum absolute atomic E-state index is 0.532. The third kappa shape index (κ3) is 9.72. The van der Waals surface area contributed by atoms with E-state index in [2.05, 4.69) is 312 Å². The molecule has 0 aliphatic rings. The molecule has 17 aromatic carbocycles. The third-order valence-electron chi connectivity index (χ3n) is 23.1. The maximum absolute atomic E-state index is 6.90. The first-order valence-electron chi connectivity index (χ1n) is 38.2. The van der Waals surface area contributed by atoms with E-state index in [1.165, 1.54) is 67.3 Å². The van der Waals surface area contributed by atoms with Crippen molar-refractivity contribution in [1.29, 1.82) is 0 Å². The minimum Gasteiger partial charge on any atom is -0.456 e. The lowest BCUT2D eigenvalue weighted by Gasteiger charge is -2.14. The average molecular weight is 1490 g/mol. The second-order valence-electron chi connectivity index (χ2n) is 29.6. The van der Waals surface area contributed by atoms with Crippen molar-refractivity contribution in [3.05, 3.63) is 340 Å². The standard InChI is InChI=1S/C102H56N8O2S2/c1-2-19-57(20-3-1)97-103-99(107-101(104-97)67-52-85(95-75-29-10-15-34-87(75)111-89(95)54-67)109-81-32-13-8-26-71(81)77-46-58-21-4-6-23-60(58)50-83(77)109)66-40-44-93-80(49-66)74-42-37-63(56-94(74)114-93)69-31-18-25-62-45-64(38-41-70(62)69)98-105-100(65-39-43-92-79(48-65)73-28-12-17-36-91(73)113-92)108-102(106-98)68-53-86(96-76-30-11-16-35-88(76)112-90(96)55-68)110-82-33-14-9-27-72(82)78-47-59-22-5-7-24-61(59)51-84(78)110/h1-56H. The van der Waals surface area contributed by atoms with Crippen LogP contribution in [0.25, 0.3) is 251 Å². The van der Waals surface area contributed by atoms with Gasteiger partial charge in [0.15, 0.2) is 34.9 Å². The van der Waals surface area contributed by atoms with Gasteiger partial charge in [-0.1, -0.05) is 212 Å². The molecule has 12 heteroatoms. The van der Waals surface area contributed by atoms with Crippen LogP contribution in [0.5, 0.6) is 0 Å². The summed E-state index contributed by atoms with van der Waals surface area (Å²) in [5, 5.41) is 20.3. The molecule has 0 aliphatic heterocycles. The van der Waals surface area contributed by atoms with Crippen LogP contribution in [0, 0.1) is 0 Å². The number of para-hydroxylation sites is 4. The van der Waals surface area contributed by atoms with Gasteiger partial charge in [0, 0.05) is 106 Å². The summed E-state index contributed by atoms with van der Waals surface area (Å²) in [5.41, 5.74) is 16.8. The molecule has 0 amide bonds. The van der Waals surface area contributed by atoms with E-state index in [1.807, 2.05) is 36.4 Å². The number of benzene rings is 17. The van der Waals surface area contributed by atoms with Crippen LogP contribution in [-0.2, 0) is 0 Å². The molecule has 10 nitrogen and oxygen atoms in total. The van der Waals surface area contributed by atoms with Crippen molar-refractivity contribution in [3.8, 4) is 90.8 Å². The zero-order valence-electron chi connectivity index (χ0n) is 60.5. The largest absolute Gasteiger partial charge is 0.456 e. The van der Waals surface area contributed by atoms with Crippen molar-refractivity contribution >= 4 is 183 Å². The van der Waals surface area contributed by atoms with Crippen molar-refractivity contribution in [2.45, 2.75) is 0 Å². The van der Waals surface area contributed by atoms with Gasteiger partial charge < -0.3 is 18.0 Å². The maximum Gasteiger partial charge on any atom is 0.164 e. The summed E-state index contributed by atoms with van der Waals surface area (Å²) in [6.45, 7) is 0. The Bertz CT molecular complexity index is 8470. The van der Waals surface area contributed by atoms with Crippen LogP contribution < -0.4 is 0 Å². The fourth-order valence-corrected chi connectivity index (χ4v) is 20.1. The summed E-state index contributed by atoms with van der Waals surface area (Å²) in [6.07, 6.45) is 0. The molecule has 25 rings (SSSR count). The van der Waals surface area contributed by atoms with Crippen LogP contribution in [0.2, 0.25) is 0 Å². The first-order chi connectivity index (χ1) is 56.4. The molecule has 528 valence electrons. The van der Waals surface area contributed by atoms with Gasteiger partial charge in [-0.3, -0.25) is 0 Å². The Labute approximate surface area is 656 Å². The SMILES string of the molecule is c1ccc(-c2nc(-c3cc(-n4c5ccccc5c5cc6ccccc6cc54)c4c(c3)oc3ccccc34)nc(-c3ccc4sc5cc(-c6cccc7cc(-c8nc(-c9cc(-n%10c%11ccccc%11c%11cc%12ccccc%12cc%11%10)c%10c(c9)oc9ccccc9%10)nc(-c9ccc%10sc%11ccccc%11c%10c9)n8)ccc67)ccc5c4c3)n2)cc1. The molecule has 25 aromatic rings. The molecule has 0 saturated carbocycles. The zero-order chi connectivity index (χ0) is 74.4. The second-order valence-corrected chi connectivity index (χ2v) is 31.8. The van der Waals surface area contributed by atoms with E-state index in [4.69, 9.17) is 38.7 Å². The molecular weight excluding hydrogens is 1430 g/mol. The van der Waals surface area contributed by atoms with Crippen LogP contribution in [0.4, 0.5) is 0 Å². The Kier molecular flexibility index (Phi) is 13.5. The van der Waals surface area contributed by atoms with E-state index < -0.39 is 0 Å². The molecule has 0 radical (unpaired) electrons. The number of hydrogen-bond acceptors (Lipinski definition) is 10. The summed E-state index contributed by atoms with van der Waals surface area (Å²) < 4.78 is 23.3. The molecule has 8 heterocycles. The Morgan fingerprint density at radius 2 is 0.605 bits per heavy atom. The molecular formula is C102H56N8O2S2. The van der Waals surface area contributed by atoms with Gasteiger partial charge in [-0.05, 0) is 171 Å². The summed E-state index contributed by atoms with van der Waals surface area (Å²) in [5.74, 6) is 3.35. The number of thiophene rings is 2. The van der Waals surface area contributed by atoms with E-state index in [-0.39, 0.29) is 0 Å². The Morgan fingerprint density at radius 1 is 0.202 bits per heavy atom. The molecule has 114 heavy (non-hydrogen) atoms. The second kappa shape index (κ2) is 24.3. The highest BCUT2D eigenvalue weighted by Crippen LogP contribution is 2.48. The first kappa shape index (κ1) is 63.0. The summed E-state index contributed by atoms with van der Waals surface area (Å²) in [4.78, 5) is 32.5. The molecule has 0 atom stereocenters. The number of aromatic nitrogens is 8. The molecule has 0 saturated heterocycles. The highest BCUT2D eigenvalue weighted by atomic mass is 32.1. The fourth-order valence-electron chi connectivity index (χ4n) is 17.8. The minimum atomic E-state index is 0.532. The van der Waals surface area contributed by atoms with Gasteiger partial charge >= 0.3 is 0 Å². The van der Waals surface area contributed by atoms with Gasteiger partial charge in [0.1, 0.15) is 22.3 Å². The molecule has 0 aliphatic carbocycles. The average Bonchev–Trinajstić information content (AvgIpc) is 1.56. The molecule has 0 bridgehead atoms. The van der Waals surface area contributed by atoms with E-state index in [0.717, 1.165) is 149 Å². The van der Waals surface area contributed by atoms with Crippen LogP contribution in [-0.4, -0.2) is 39.0 Å². The lowest BCUT2D eigenvalue weighted by Crippen LogP contribution is -2.02. The molecule has 0 fully saturated rings. The van der Waals surface area contributed by atoms with Crippen molar-refractivity contribution < 1.29 is 8.83 Å².